The van der Waals surface area contributed by atoms with Crippen molar-refractivity contribution in [3.63, 3.8) is 0 Å². The summed E-state index contributed by atoms with van der Waals surface area (Å²) in [5.41, 5.74) is 3.84. The molecule has 0 bridgehead atoms. The zero-order valence-corrected chi connectivity index (χ0v) is 19.3. The van der Waals surface area contributed by atoms with E-state index in [-0.39, 0.29) is 18.2 Å². The fourth-order valence-corrected chi connectivity index (χ4v) is 3.94. The summed E-state index contributed by atoms with van der Waals surface area (Å²) in [6, 6.07) is 13.6. The second kappa shape index (κ2) is 11.3. The first-order valence-electron chi connectivity index (χ1n) is 10.3. The fraction of sp³-hybridized carbons (Fsp3) is 0.292. The highest BCUT2D eigenvalue weighted by Crippen LogP contribution is 2.28. The highest BCUT2D eigenvalue weighted by molar-refractivity contribution is 7.14. The number of nitrogens with one attached hydrogen (secondary N) is 2. The van der Waals surface area contributed by atoms with Crippen LogP contribution < -0.4 is 20.1 Å². The van der Waals surface area contributed by atoms with Gasteiger partial charge in [0.05, 0.1) is 26.3 Å². The lowest BCUT2D eigenvalue weighted by Crippen LogP contribution is -2.21. The molecule has 8 heteroatoms. The zero-order chi connectivity index (χ0) is 22.9. The number of thiazole rings is 1. The maximum atomic E-state index is 12.5. The minimum absolute atomic E-state index is 0.00417. The minimum atomic E-state index is -0.146. The number of rotatable bonds is 10. The molecule has 2 amide bonds. The molecule has 1 heterocycles. The summed E-state index contributed by atoms with van der Waals surface area (Å²) < 4.78 is 10.5. The molecule has 0 aliphatic rings. The van der Waals surface area contributed by atoms with Gasteiger partial charge in [-0.25, -0.2) is 4.98 Å². The molecule has 0 radical (unpaired) electrons. The summed E-state index contributed by atoms with van der Waals surface area (Å²) in [7, 11) is 3.14. The summed E-state index contributed by atoms with van der Waals surface area (Å²) in [5.74, 6) is 1.07. The van der Waals surface area contributed by atoms with E-state index in [4.69, 9.17) is 9.47 Å². The monoisotopic (exact) mass is 453 g/mol. The Labute approximate surface area is 191 Å². The number of nitrogens with zero attached hydrogens (tertiary/aromatic N) is 1. The number of benzene rings is 2. The van der Waals surface area contributed by atoms with Crippen LogP contribution in [0.3, 0.4) is 0 Å². The van der Waals surface area contributed by atoms with Gasteiger partial charge in [-0.3, -0.25) is 9.59 Å². The highest BCUT2D eigenvalue weighted by atomic mass is 32.1. The predicted molar refractivity (Wildman–Crippen MR) is 126 cm³/mol. The van der Waals surface area contributed by atoms with Gasteiger partial charge in [-0.1, -0.05) is 30.3 Å². The summed E-state index contributed by atoms with van der Waals surface area (Å²) in [6.45, 7) is 2.20. The van der Waals surface area contributed by atoms with Crippen molar-refractivity contribution < 1.29 is 19.1 Å². The van der Waals surface area contributed by atoms with E-state index in [1.807, 2.05) is 23.6 Å². The molecule has 0 saturated heterocycles. The summed E-state index contributed by atoms with van der Waals surface area (Å²) in [4.78, 5) is 27.9. The van der Waals surface area contributed by atoms with E-state index in [1.165, 1.54) is 23.8 Å². The molecule has 1 aromatic heterocycles. The second-order valence-corrected chi connectivity index (χ2v) is 8.09. The van der Waals surface area contributed by atoms with Gasteiger partial charge in [0.1, 0.15) is 0 Å². The first-order chi connectivity index (χ1) is 15.5. The number of anilines is 1. The van der Waals surface area contributed by atoms with E-state index in [9.17, 15) is 9.59 Å². The van der Waals surface area contributed by atoms with Crippen LogP contribution >= 0.6 is 11.3 Å². The van der Waals surface area contributed by atoms with Crippen molar-refractivity contribution >= 4 is 28.3 Å². The van der Waals surface area contributed by atoms with Crippen molar-refractivity contribution in [3.05, 3.63) is 59.0 Å². The van der Waals surface area contributed by atoms with Gasteiger partial charge in [-0.15, -0.1) is 11.3 Å². The molecule has 0 unspecified atom stereocenters. The van der Waals surface area contributed by atoms with Crippen LogP contribution in [0.2, 0.25) is 0 Å². The third kappa shape index (κ3) is 6.55. The largest absolute Gasteiger partial charge is 0.493 e. The Bertz CT molecular complexity index is 1060. The third-order valence-corrected chi connectivity index (χ3v) is 5.59. The standard InChI is InChI=1S/C24H27N3O4S/c1-16(28)25-12-4-5-17-6-9-19(10-7-17)20-15-32-24(26-20)27-23(29)14-18-8-11-21(30-2)22(13-18)31-3/h6-11,13,15H,4-5,12,14H2,1-3H3,(H,25,28)(H,26,27,29). The van der Waals surface area contributed by atoms with Crippen LogP contribution in [-0.2, 0) is 22.4 Å². The molecule has 0 saturated carbocycles. The first-order valence-corrected chi connectivity index (χ1v) is 11.2. The summed E-state index contributed by atoms with van der Waals surface area (Å²) in [6.07, 6.45) is 2.00. The van der Waals surface area contributed by atoms with Gasteiger partial charge in [0.15, 0.2) is 16.6 Å². The van der Waals surface area contributed by atoms with Gasteiger partial charge in [-0.2, -0.15) is 0 Å². The molecule has 168 valence electrons. The Morgan fingerprint density at radius 1 is 1.00 bits per heavy atom. The van der Waals surface area contributed by atoms with Crippen LogP contribution in [0.15, 0.2) is 47.8 Å². The normalized spacial score (nSPS) is 10.5. The van der Waals surface area contributed by atoms with Crippen LogP contribution in [0.1, 0.15) is 24.5 Å². The average molecular weight is 454 g/mol. The molecule has 7 nitrogen and oxygen atoms in total. The lowest BCUT2D eigenvalue weighted by Gasteiger charge is -2.09. The number of methoxy groups -OCH3 is 2. The van der Waals surface area contributed by atoms with E-state index in [2.05, 4.69) is 27.8 Å². The smallest absolute Gasteiger partial charge is 0.230 e. The van der Waals surface area contributed by atoms with Gasteiger partial charge in [0.25, 0.3) is 0 Å². The van der Waals surface area contributed by atoms with Crippen molar-refractivity contribution in [2.24, 2.45) is 0 Å². The summed E-state index contributed by atoms with van der Waals surface area (Å²) >= 11 is 1.39. The quantitative estimate of drug-likeness (QED) is 0.452. The van der Waals surface area contributed by atoms with Crippen LogP contribution in [0.5, 0.6) is 11.5 Å². The number of amides is 2. The summed E-state index contributed by atoms with van der Waals surface area (Å²) in [5, 5.41) is 8.16. The Morgan fingerprint density at radius 2 is 1.72 bits per heavy atom. The van der Waals surface area contributed by atoms with E-state index in [0.29, 0.717) is 23.2 Å². The minimum Gasteiger partial charge on any atom is -0.493 e. The van der Waals surface area contributed by atoms with Crippen LogP contribution in [-0.4, -0.2) is 37.6 Å². The van der Waals surface area contributed by atoms with Crippen molar-refractivity contribution in [1.82, 2.24) is 10.3 Å². The van der Waals surface area contributed by atoms with Crippen LogP contribution in [0.4, 0.5) is 5.13 Å². The SMILES string of the molecule is COc1ccc(CC(=O)Nc2nc(-c3ccc(CCCNC(C)=O)cc3)cs2)cc1OC. The third-order valence-electron chi connectivity index (χ3n) is 4.83. The van der Waals surface area contributed by atoms with Crippen LogP contribution in [0, 0.1) is 0 Å². The number of hydrogen-bond acceptors (Lipinski definition) is 6. The van der Waals surface area contributed by atoms with E-state index in [1.54, 1.807) is 26.4 Å². The molecule has 3 rings (SSSR count). The molecule has 3 aromatic rings. The van der Waals surface area contributed by atoms with Gasteiger partial charge >= 0.3 is 0 Å². The Hall–Kier alpha value is -3.39. The Morgan fingerprint density at radius 3 is 2.41 bits per heavy atom. The van der Waals surface area contributed by atoms with Crippen LogP contribution in [0.25, 0.3) is 11.3 Å². The molecule has 32 heavy (non-hydrogen) atoms. The Balaban J connectivity index is 1.55. The van der Waals surface area contributed by atoms with Gasteiger partial charge in [-0.05, 0) is 36.1 Å². The molecular weight excluding hydrogens is 426 g/mol. The number of hydrogen-bond donors (Lipinski definition) is 2. The van der Waals surface area contributed by atoms with Crippen molar-refractivity contribution in [2.75, 3.05) is 26.1 Å². The first kappa shape index (κ1) is 23.3. The molecule has 0 aliphatic carbocycles. The van der Waals surface area contributed by atoms with E-state index >= 15 is 0 Å². The van der Waals surface area contributed by atoms with Crippen molar-refractivity contribution in [2.45, 2.75) is 26.2 Å². The topological polar surface area (TPSA) is 89.5 Å². The Kier molecular flexibility index (Phi) is 8.21. The maximum absolute atomic E-state index is 12.5. The maximum Gasteiger partial charge on any atom is 0.230 e. The van der Waals surface area contributed by atoms with E-state index in [0.717, 1.165) is 29.7 Å². The molecule has 0 spiro atoms. The molecule has 2 N–H and O–H groups in total. The zero-order valence-electron chi connectivity index (χ0n) is 18.4. The number of ether oxygens (including phenoxy) is 2. The lowest BCUT2D eigenvalue weighted by atomic mass is 10.1. The van der Waals surface area contributed by atoms with Crippen molar-refractivity contribution in [1.29, 1.82) is 0 Å². The second-order valence-electron chi connectivity index (χ2n) is 7.24. The molecule has 0 atom stereocenters. The molecule has 0 aliphatic heterocycles. The molecular formula is C24H27N3O4S. The predicted octanol–water partition coefficient (Wildman–Crippen LogP) is 4.08. The van der Waals surface area contributed by atoms with Gasteiger partial charge in [0, 0.05) is 24.4 Å². The van der Waals surface area contributed by atoms with Gasteiger partial charge < -0.3 is 20.1 Å². The number of carbonyl (C=O) groups is 2. The van der Waals surface area contributed by atoms with Crippen molar-refractivity contribution in [3.8, 4) is 22.8 Å². The lowest BCUT2D eigenvalue weighted by molar-refractivity contribution is -0.119. The number of aromatic nitrogens is 1. The fourth-order valence-electron chi connectivity index (χ4n) is 3.20. The number of aryl methyl sites for hydroxylation is 1. The van der Waals surface area contributed by atoms with Gasteiger partial charge in [0.2, 0.25) is 11.8 Å². The van der Waals surface area contributed by atoms with E-state index < -0.39 is 0 Å². The molecule has 2 aromatic carbocycles. The number of carbonyl (C=O) groups excluding carboxylic acids is 2. The highest BCUT2D eigenvalue weighted by Gasteiger charge is 2.11. The average Bonchev–Trinajstić information content (AvgIpc) is 3.25. The molecule has 0 fully saturated rings.